The Balaban J connectivity index is 1.60. The van der Waals surface area contributed by atoms with Gasteiger partial charge in [0.25, 0.3) is 0 Å². The molecule has 3 aromatic rings. The smallest absolute Gasteiger partial charge is 0.112 e. The van der Waals surface area contributed by atoms with E-state index in [1.807, 2.05) is 0 Å². The van der Waals surface area contributed by atoms with Gasteiger partial charge in [0, 0.05) is 11.4 Å². The molecule has 0 spiro atoms. The highest BCUT2D eigenvalue weighted by molar-refractivity contribution is 5.65. The Hall–Kier alpha value is -3.26. The highest BCUT2D eigenvalue weighted by Gasteiger charge is 2.54. The minimum atomic E-state index is -0.302. The second-order valence-corrected chi connectivity index (χ2v) is 9.79. The number of hydrogen-bond donors (Lipinski definition) is 0. The Bertz CT molecular complexity index is 1160. The van der Waals surface area contributed by atoms with Crippen LogP contribution in [-0.2, 0) is 5.54 Å². The van der Waals surface area contributed by atoms with Gasteiger partial charge in [0.05, 0.1) is 5.70 Å². The number of fused-ring (bicyclic) bond motifs is 1. The van der Waals surface area contributed by atoms with Crippen LogP contribution in [0.2, 0.25) is 0 Å². The molecular formula is C31H32N2. The average molecular weight is 433 g/mol. The molecule has 166 valence electrons. The van der Waals surface area contributed by atoms with Gasteiger partial charge >= 0.3 is 0 Å². The van der Waals surface area contributed by atoms with Crippen molar-refractivity contribution in [3.63, 3.8) is 0 Å². The summed E-state index contributed by atoms with van der Waals surface area (Å²) in [5.41, 5.74) is 7.79. The van der Waals surface area contributed by atoms with Gasteiger partial charge in [-0.3, -0.25) is 0 Å². The van der Waals surface area contributed by atoms with E-state index in [-0.39, 0.29) is 5.54 Å². The predicted molar refractivity (Wildman–Crippen MR) is 137 cm³/mol. The summed E-state index contributed by atoms with van der Waals surface area (Å²) in [5.74, 6) is 0.642. The number of hydrogen-bond acceptors (Lipinski definition) is 2. The lowest BCUT2D eigenvalue weighted by Gasteiger charge is -2.47. The first kappa shape index (κ1) is 20.4. The lowest BCUT2D eigenvalue weighted by molar-refractivity contribution is 0.141. The van der Waals surface area contributed by atoms with Crippen LogP contribution in [0.1, 0.15) is 49.3 Å². The van der Waals surface area contributed by atoms with Crippen LogP contribution in [0.25, 0.3) is 0 Å². The Morgan fingerprint density at radius 1 is 0.727 bits per heavy atom. The van der Waals surface area contributed by atoms with Gasteiger partial charge in [0.15, 0.2) is 0 Å². The third-order valence-electron chi connectivity index (χ3n) is 8.01. The average Bonchev–Trinajstić information content (AvgIpc) is 3.58. The summed E-state index contributed by atoms with van der Waals surface area (Å²) in [5, 5.41) is 0. The van der Waals surface area contributed by atoms with E-state index in [1.54, 1.807) is 0 Å². The monoisotopic (exact) mass is 432 g/mol. The Kier molecular flexibility index (Phi) is 4.90. The molecule has 1 fully saturated rings. The van der Waals surface area contributed by atoms with Crippen LogP contribution in [0, 0.1) is 12.8 Å². The molecule has 1 saturated carbocycles. The number of rotatable bonds is 4. The first-order valence-corrected chi connectivity index (χ1v) is 12.4. The SMILES string of the molecule is CC1=C2C=CC(c3ccccc3)(c3ccccc3)N2C(C2CCCC2)N1c1ccccc1C. The van der Waals surface area contributed by atoms with Crippen molar-refractivity contribution in [2.75, 3.05) is 4.90 Å². The highest BCUT2D eigenvalue weighted by atomic mass is 15.5. The zero-order valence-corrected chi connectivity index (χ0v) is 19.6. The van der Waals surface area contributed by atoms with Gasteiger partial charge in [-0.25, -0.2) is 0 Å². The fraction of sp³-hybridized carbons (Fsp3) is 0.290. The first-order valence-electron chi connectivity index (χ1n) is 12.4. The molecule has 1 atom stereocenters. The van der Waals surface area contributed by atoms with Gasteiger partial charge in [-0.2, -0.15) is 0 Å². The topological polar surface area (TPSA) is 6.48 Å². The van der Waals surface area contributed by atoms with Crippen LogP contribution in [0.5, 0.6) is 0 Å². The van der Waals surface area contributed by atoms with E-state index in [2.05, 4.69) is 121 Å². The second-order valence-electron chi connectivity index (χ2n) is 9.79. The third kappa shape index (κ3) is 3.00. The van der Waals surface area contributed by atoms with Gasteiger partial charge in [-0.1, -0.05) is 91.7 Å². The normalized spacial score (nSPS) is 21.8. The van der Waals surface area contributed by atoms with Gasteiger partial charge in [0.1, 0.15) is 11.7 Å². The fourth-order valence-corrected chi connectivity index (χ4v) is 6.49. The molecule has 3 aliphatic rings. The summed E-state index contributed by atoms with van der Waals surface area (Å²) in [6, 6.07) is 31.1. The van der Waals surface area contributed by atoms with Crippen LogP contribution < -0.4 is 4.90 Å². The van der Waals surface area contributed by atoms with Crippen LogP contribution >= 0.6 is 0 Å². The molecule has 2 nitrogen and oxygen atoms in total. The summed E-state index contributed by atoms with van der Waals surface area (Å²) in [4.78, 5) is 5.42. The molecule has 0 radical (unpaired) electrons. The van der Waals surface area contributed by atoms with Crippen molar-refractivity contribution >= 4 is 5.69 Å². The standard InChI is InChI=1S/C31H32N2/c1-23-13-9-12-20-28(23)32-24(2)29-21-22-31(26-16-5-3-6-17-26,27-18-7-4-8-19-27)33(29)30(32)25-14-10-11-15-25/h3-9,12-13,16-22,25,30H,10-11,14-15H2,1-2H3. The molecular weight excluding hydrogens is 400 g/mol. The molecule has 0 bridgehead atoms. The molecule has 1 aliphatic carbocycles. The molecule has 0 saturated heterocycles. The van der Waals surface area contributed by atoms with Crippen molar-refractivity contribution < 1.29 is 0 Å². The Morgan fingerprint density at radius 2 is 1.30 bits per heavy atom. The molecule has 3 aromatic carbocycles. The molecule has 6 rings (SSSR count). The largest absolute Gasteiger partial charge is 0.332 e. The van der Waals surface area contributed by atoms with E-state index in [1.165, 1.54) is 59.5 Å². The molecule has 1 unspecified atom stereocenters. The minimum absolute atomic E-state index is 0.302. The Morgan fingerprint density at radius 3 is 1.91 bits per heavy atom. The van der Waals surface area contributed by atoms with Crippen molar-refractivity contribution in [2.45, 2.75) is 51.2 Å². The van der Waals surface area contributed by atoms with E-state index >= 15 is 0 Å². The molecule has 0 amide bonds. The van der Waals surface area contributed by atoms with E-state index in [0.717, 1.165) is 0 Å². The van der Waals surface area contributed by atoms with Crippen molar-refractivity contribution in [1.29, 1.82) is 0 Å². The van der Waals surface area contributed by atoms with E-state index in [0.29, 0.717) is 12.1 Å². The predicted octanol–water partition coefficient (Wildman–Crippen LogP) is 7.38. The van der Waals surface area contributed by atoms with Crippen molar-refractivity contribution in [1.82, 2.24) is 4.90 Å². The van der Waals surface area contributed by atoms with Gasteiger partial charge in [0.2, 0.25) is 0 Å². The first-order chi connectivity index (χ1) is 16.2. The third-order valence-corrected chi connectivity index (χ3v) is 8.01. The van der Waals surface area contributed by atoms with Crippen molar-refractivity contribution in [3.05, 3.63) is 125 Å². The number of benzene rings is 3. The van der Waals surface area contributed by atoms with Crippen molar-refractivity contribution in [2.24, 2.45) is 5.92 Å². The van der Waals surface area contributed by atoms with Gasteiger partial charge < -0.3 is 9.80 Å². The van der Waals surface area contributed by atoms with E-state index < -0.39 is 0 Å². The second kappa shape index (κ2) is 7.95. The van der Waals surface area contributed by atoms with Crippen LogP contribution in [0.15, 0.2) is 108 Å². The summed E-state index contributed by atoms with van der Waals surface area (Å²) in [6.07, 6.45) is 10.4. The highest BCUT2D eigenvalue weighted by Crippen LogP contribution is 2.54. The molecule has 2 heteroatoms. The Labute approximate surface area is 197 Å². The summed E-state index contributed by atoms with van der Waals surface area (Å²) in [6.45, 7) is 4.57. The molecule has 33 heavy (non-hydrogen) atoms. The fourth-order valence-electron chi connectivity index (χ4n) is 6.49. The van der Waals surface area contributed by atoms with E-state index in [4.69, 9.17) is 0 Å². The zero-order valence-electron chi connectivity index (χ0n) is 19.6. The maximum absolute atomic E-state index is 2.76. The molecule has 0 N–H and O–H groups in total. The zero-order chi connectivity index (χ0) is 22.4. The van der Waals surface area contributed by atoms with Crippen molar-refractivity contribution in [3.8, 4) is 0 Å². The lowest BCUT2D eigenvalue weighted by Crippen LogP contribution is -2.53. The lowest BCUT2D eigenvalue weighted by atomic mass is 9.81. The number of anilines is 1. The van der Waals surface area contributed by atoms with Crippen LogP contribution in [0.4, 0.5) is 5.69 Å². The van der Waals surface area contributed by atoms with Crippen LogP contribution in [0.3, 0.4) is 0 Å². The number of allylic oxidation sites excluding steroid dienone is 2. The maximum atomic E-state index is 2.76. The van der Waals surface area contributed by atoms with Gasteiger partial charge in [-0.05, 0) is 67.5 Å². The summed E-state index contributed by atoms with van der Waals surface area (Å²) < 4.78 is 0. The summed E-state index contributed by atoms with van der Waals surface area (Å²) >= 11 is 0. The maximum Gasteiger partial charge on any atom is 0.112 e. The molecule has 2 heterocycles. The van der Waals surface area contributed by atoms with Gasteiger partial charge in [-0.15, -0.1) is 0 Å². The van der Waals surface area contributed by atoms with E-state index in [9.17, 15) is 0 Å². The number of para-hydroxylation sites is 1. The number of nitrogens with zero attached hydrogens (tertiary/aromatic N) is 2. The quantitative estimate of drug-likeness (QED) is 0.424. The molecule has 2 aliphatic heterocycles. The summed E-state index contributed by atoms with van der Waals surface area (Å²) in [7, 11) is 0. The number of aryl methyl sites for hydroxylation is 1. The van der Waals surface area contributed by atoms with Crippen LogP contribution in [-0.4, -0.2) is 11.1 Å². The molecule has 0 aromatic heterocycles. The minimum Gasteiger partial charge on any atom is -0.332 e.